The van der Waals surface area contributed by atoms with Gasteiger partial charge >= 0.3 is 0 Å². The van der Waals surface area contributed by atoms with Crippen LogP contribution in [0, 0.1) is 0 Å². The number of aromatic nitrogens is 1. The third kappa shape index (κ3) is 2.87. The zero-order valence-electron chi connectivity index (χ0n) is 21.0. The first-order chi connectivity index (χ1) is 19.3. The standard InChI is InChI=1S/C36H22N2O/c1-2-10-24-20-33-29(19-23(24)9-1)27-12-4-7-15-32(27)37(36-21-25-11-3-6-14-31(25)38(33)36)26-17-18-35-30(22-26)28-13-5-8-16-34(28)39-35/h1-22H. The maximum absolute atomic E-state index is 6.18. The van der Waals surface area contributed by atoms with Crippen LogP contribution < -0.4 is 4.90 Å². The van der Waals surface area contributed by atoms with Crippen molar-refractivity contribution in [3.05, 3.63) is 133 Å². The van der Waals surface area contributed by atoms with Gasteiger partial charge in [-0.25, -0.2) is 0 Å². The summed E-state index contributed by atoms with van der Waals surface area (Å²) in [6.45, 7) is 0. The first-order valence-corrected chi connectivity index (χ1v) is 13.3. The number of benzene rings is 6. The number of nitrogens with zero attached hydrogens (tertiary/aromatic N) is 2. The minimum atomic E-state index is 0.901. The molecule has 3 nitrogen and oxygen atoms in total. The fraction of sp³-hybridized carbons (Fsp3) is 0. The highest BCUT2D eigenvalue weighted by Gasteiger charge is 2.28. The highest BCUT2D eigenvalue weighted by Crippen LogP contribution is 2.50. The predicted octanol–water partition coefficient (Wildman–Crippen LogP) is 10.1. The van der Waals surface area contributed by atoms with Crippen molar-refractivity contribution in [3.63, 3.8) is 0 Å². The van der Waals surface area contributed by atoms with Gasteiger partial charge in [-0.1, -0.05) is 78.9 Å². The molecular formula is C36H22N2O. The quantitative estimate of drug-likeness (QED) is 0.224. The zero-order valence-corrected chi connectivity index (χ0v) is 21.0. The fourth-order valence-electron chi connectivity index (χ4n) is 6.33. The average molecular weight is 499 g/mol. The van der Waals surface area contributed by atoms with Crippen LogP contribution >= 0.6 is 0 Å². The van der Waals surface area contributed by atoms with E-state index in [1.54, 1.807) is 0 Å². The smallest absolute Gasteiger partial charge is 0.135 e. The predicted molar refractivity (Wildman–Crippen MR) is 162 cm³/mol. The molecule has 0 N–H and O–H groups in total. The number of furan rings is 1. The van der Waals surface area contributed by atoms with E-state index in [0.717, 1.165) is 39.1 Å². The average Bonchev–Trinajstić information content (AvgIpc) is 3.52. The molecule has 0 spiro atoms. The molecule has 1 aliphatic heterocycles. The lowest BCUT2D eigenvalue weighted by molar-refractivity contribution is 0.669. The van der Waals surface area contributed by atoms with Crippen LogP contribution in [0.1, 0.15) is 0 Å². The number of rotatable bonds is 1. The van der Waals surface area contributed by atoms with Crippen LogP contribution in [0.3, 0.4) is 0 Å². The summed E-state index contributed by atoms with van der Waals surface area (Å²) in [5.41, 5.74) is 8.89. The number of fused-ring (bicyclic) bond motifs is 11. The molecule has 39 heavy (non-hydrogen) atoms. The van der Waals surface area contributed by atoms with Crippen LogP contribution in [0.4, 0.5) is 17.2 Å². The molecule has 0 aliphatic carbocycles. The molecule has 6 aromatic carbocycles. The van der Waals surface area contributed by atoms with Gasteiger partial charge in [0.1, 0.15) is 17.0 Å². The summed E-state index contributed by atoms with van der Waals surface area (Å²) >= 11 is 0. The molecule has 0 atom stereocenters. The van der Waals surface area contributed by atoms with Gasteiger partial charge in [-0.05, 0) is 65.4 Å². The third-order valence-corrected chi connectivity index (χ3v) is 8.08. The van der Waals surface area contributed by atoms with E-state index in [1.165, 1.54) is 38.5 Å². The summed E-state index contributed by atoms with van der Waals surface area (Å²) in [6.07, 6.45) is 0. The molecule has 0 radical (unpaired) electrons. The highest BCUT2D eigenvalue weighted by molar-refractivity contribution is 6.08. The molecule has 0 amide bonds. The molecule has 3 heteroatoms. The van der Waals surface area contributed by atoms with Crippen molar-refractivity contribution in [2.45, 2.75) is 0 Å². The van der Waals surface area contributed by atoms with E-state index in [4.69, 9.17) is 4.42 Å². The summed E-state index contributed by atoms with van der Waals surface area (Å²) in [4.78, 5) is 2.40. The van der Waals surface area contributed by atoms with Crippen LogP contribution in [0.5, 0.6) is 0 Å². The Labute approximate surface area is 224 Å². The van der Waals surface area contributed by atoms with Crippen LogP contribution in [-0.4, -0.2) is 4.57 Å². The first-order valence-electron chi connectivity index (χ1n) is 13.3. The summed E-state index contributed by atoms with van der Waals surface area (Å²) in [5.74, 6) is 1.12. The largest absolute Gasteiger partial charge is 0.456 e. The third-order valence-electron chi connectivity index (χ3n) is 8.08. The van der Waals surface area contributed by atoms with E-state index in [2.05, 4.69) is 131 Å². The monoisotopic (exact) mass is 498 g/mol. The van der Waals surface area contributed by atoms with Gasteiger partial charge < -0.3 is 4.42 Å². The number of hydrogen-bond donors (Lipinski definition) is 0. The van der Waals surface area contributed by atoms with Crippen molar-refractivity contribution in [1.82, 2.24) is 4.57 Å². The van der Waals surface area contributed by atoms with E-state index in [9.17, 15) is 0 Å². The Morgan fingerprint density at radius 1 is 0.462 bits per heavy atom. The maximum atomic E-state index is 6.18. The number of para-hydroxylation sites is 3. The summed E-state index contributed by atoms with van der Waals surface area (Å²) < 4.78 is 8.60. The van der Waals surface area contributed by atoms with Crippen molar-refractivity contribution in [2.75, 3.05) is 4.90 Å². The molecule has 9 rings (SSSR count). The van der Waals surface area contributed by atoms with Gasteiger partial charge in [0.05, 0.1) is 16.9 Å². The number of hydrogen-bond acceptors (Lipinski definition) is 2. The molecule has 0 bridgehead atoms. The summed E-state index contributed by atoms with van der Waals surface area (Å²) in [7, 11) is 0. The number of anilines is 3. The van der Waals surface area contributed by atoms with Gasteiger partial charge in [0.2, 0.25) is 0 Å². The molecule has 3 heterocycles. The lowest BCUT2D eigenvalue weighted by Crippen LogP contribution is -2.12. The maximum Gasteiger partial charge on any atom is 0.135 e. The van der Waals surface area contributed by atoms with Gasteiger partial charge in [0, 0.05) is 33.0 Å². The van der Waals surface area contributed by atoms with Crippen molar-refractivity contribution in [2.24, 2.45) is 0 Å². The minimum Gasteiger partial charge on any atom is -0.456 e. The SMILES string of the molecule is c1ccc2c(c1)-c1cc3ccccc3cc1-n1c(cc3ccccc31)N2c1ccc2oc3ccccc3c2c1. The van der Waals surface area contributed by atoms with Crippen LogP contribution in [0.25, 0.3) is 60.4 Å². The summed E-state index contributed by atoms with van der Waals surface area (Å²) in [6, 6.07) is 47.9. The van der Waals surface area contributed by atoms with Crippen molar-refractivity contribution < 1.29 is 4.42 Å². The van der Waals surface area contributed by atoms with Gasteiger partial charge in [-0.2, -0.15) is 0 Å². The van der Waals surface area contributed by atoms with Crippen LogP contribution in [0.15, 0.2) is 138 Å². The lowest BCUT2D eigenvalue weighted by atomic mass is 9.97. The van der Waals surface area contributed by atoms with Gasteiger partial charge in [0.25, 0.3) is 0 Å². The Bertz CT molecular complexity index is 2250. The van der Waals surface area contributed by atoms with Gasteiger partial charge in [-0.3, -0.25) is 9.47 Å². The second kappa shape index (κ2) is 7.62. The Hall–Kier alpha value is -5.28. The second-order valence-electron chi connectivity index (χ2n) is 10.2. The highest BCUT2D eigenvalue weighted by atomic mass is 16.3. The first kappa shape index (κ1) is 20.7. The Morgan fingerprint density at radius 2 is 1.18 bits per heavy atom. The second-order valence-corrected chi connectivity index (χ2v) is 10.2. The molecule has 182 valence electrons. The van der Waals surface area contributed by atoms with Crippen LogP contribution in [0.2, 0.25) is 0 Å². The minimum absolute atomic E-state index is 0.901. The van der Waals surface area contributed by atoms with E-state index >= 15 is 0 Å². The van der Waals surface area contributed by atoms with Gasteiger partial charge in [0.15, 0.2) is 0 Å². The Morgan fingerprint density at radius 3 is 2.10 bits per heavy atom. The molecule has 8 aromatic rings. The van der Waals surface area contributed by atoms with E-state index in [-0.39, 0.29) is 0 Å². The normalized spacial score (nSPS) is 12.6. The lowest BCUT2D eigenvalue weighted by Gasteiger charge is -2.26. The summed E-state index contributed by atoms with van der Waals surface area (Å²) in [5, 5.41) is 5.94. The fourth-order valence-corrected chi connectivity index (χ4v) is 6.33. The molecule has 0 fully saturated rings. The topological polar surface area (TPSA) is 21.3 Å². The molecule has 0 saturated heterocycles. The van der Waals surface area contributed by atoms with Crippen molar-refractivity contribution >= 4 is 60.8 Å². The Kier molecular flexibility index (Phi) is 4.05. The molecule has 0 saturated carbocycles. The van der Waals surface area contributed by atoms with Gasteiger partial charge in [-0.15, -0.1) is 0 Å². The van der Waals surface area contributed by atoms with Crippen molar-refractivity contribution in [3.8, 4) is 16.8 Å². The zero-order chi connectivity index (χ0) is 25.5. The molecule has 0 unspecified atom stereocenters. The molecular weight excluding hydrogens is 476 g/mol. The van der Waals surface area contributed by atoms with E-state index in [0.29, 0.717) is 0 Å². The van der Waals surface area contributed by atoms with E-state index in [1.807, 2.05) is 12.1 Å². The van der Waals surface area contributed by atoms with Crippen molar-refractivity contribution in [1.29, 1.82) is 0 Å². The Balaban J connectivity index is 1.43. The van der Waals surface area contributed by atoms with E-state index < -0.39 is 0 Å². The van der Waals surface area contributed by atoms with Crippen LogP contribution in [-0.2, 0) is 0 Å². The molecule has 1 aliphatic rings. The molecule has 2 aromatic heterocycles.